The van der Waals surface area contributed by atoms with Gasteiger partial charge in [0.05, 0.1) is 5.60 Å². The molecule has 1 nitrogen and oxygen atoms in total. The minimum absolute atomic E-state index is 0.498. The molecule has 0 bridgehead atoms. The first-order valence-electron chi connectivity index (χ1n) is 7.44. The van der Waals surface area contributed by atoms with Crippen LogP contribution >= 0.6 is 15.9 Å². The van der Waals surface area contributed by atoms with Crippen LogP contribution in [0.25, 0.3) is 0 Å². The molecular formula is C17H25BrO. The van der Waals surface area contributed by atoms with Crippen molar-refractivity contribution in [1.82, 2.24) is 0 Å². The van der Waals surface area contributed by atoms with E-state index in [-0.39, 0.29) is 0 Å². The monoisotopic (exact) mass is 324 g/mol. The third kappa shape index (κ3) is 4.32. The van der Waals surface area contributed by atoms with Crippen molar-refractivity contribution in [2.75, 3.05) is 0 Å². The standard InChI is InChI=1S/C17H25BrO/c1-13(2)10-14-6-5-9-17(19,11-14)12-15-7-3-4-8-16(15)18/h3-4,7-8,13-14,19H,5-6,9-12H2,1-2H3. The van der Waals surface area contributed by atoms with Gasteiger partial charge in [0.15, 0.2) is 0 Å². The summed E-state index contributed by atoms with van der Waals surface area (Å²) in [6, 6.07) is 8.26. The van der Waals surface area contributed by atoms with Gasteiger partial charge in [-0.1, -0.05) is 60.8 Å². The van der Waals surface area contributed by atoms with Crippen molar-refractivity contribution in [2.45, 2.75) is 58.0 Å². The molecule has 0 aromatic heterocycles. The third-order valence-electron chi connectivity index (χ3n) is 4.21. The Morgan fingerprint density at radius 1 is 1.37 bits per heavy atom. The second-order valence-electron chi connectivity index (χ2n) is 6.58. The largest absolute Gasteiger partial charge is 0.390 e. The lowest BCUT2D eigenvalue weighted by Crippen LogP contribution is -2.37. The molecule has 1 saturated carbocycles. The number of benzene rings is 1. The summed E-state index contributed by atoms with van der Waals surface area (Å²) in [5.74, 6) is 1.43. The Bertz CT molecular complexity index is 415. The van der Waals surface area contributed by atoms with Crippen LogP contribution in [-0.4, -0.2) is 10.7 Å². The van der Waals surface area contributed by atoms with E-state index in [1.807, 2.05) is 6.07 Å². The van der Waals surface area contributed by atoms with Gasteiger partial charge in [0, 0.05) is 10.9 Å². The zero-order valence-corrected chi connectivity index (χ0v) is 13.6. The van der Waals surface area contributed by atoms with Gasteiger partial charge in [-0.25, -0.2) is 0 Å². The molecule has 0 amide bonds. The maximum Gasteiger partial charge on any atom is 0.0691 e. The molecule has 2 rings (SSSR count). The molecule has 0 heterocycles. The number of hydrogen-bond acceptors (Lipinski definition) is 1. The zero-order valence-electron chi connectivity index (χ0n) is 12.0. The summed E-state index contributed by atoms with van der Waals surface area (Å²) in [6.45, 7) is 4.56. The highest BCUT2D eigenvalue weighted by atomic mass is 79.9. The van der Waals surface area contributed by atoms with Gasteiger partial charge >= 0.3 is 0 Å². The molecular weight excluding hydrogens is 300 g/mol. The maximum atomic E-state index is 10.9. The second kappa shape index (κ2) is 6.41. The van der Waals surface area contributed by atoms with Crippen LogP contribution in [0.4, 0.5) is 0 Å². The van der Waals surface area contributed by atoms with Crippen molar-refractivity contribution < 1.29 is 5.11 Å². The fourth-order valence-corrected chi connectivity index (χ4v) is 3.91. The summed E-state index contributed by atoms with van der Waals surface area (Å²) in [5, 5.41) is 10.9. The van der Waals surface area contributed by atoms with E-state index in [4.69, 9.17) is 0 Å². The lowest BCUT2D eigenvalue weighted by atomic mass is 9.73. The first-order valence-corrected chi connectivity index (χ1v) is 8.23. The van der Waals surface area contributed by atoms with Crippen molar-refractivity contribution in [1.29, 1.82) is 0 Å². The molecule has 1 fully saturated rings. The van der Waals surface area contributed by atoms with E-state index in [9.17, 15) is 5.11 Å². The lowest BCUT2D eigenvalue weighted by molar-refractivity contribution is -0.0190. The van der Waals surface area contributed by atoms with Crippen molar-refractivity contribution in [2.24, 2.45) is 11.8 Å². The first kappa shape index (κ1) is 15.1. The maximum absolute atomic E-state index is 10.9. The quantitative estimate of drug-likeness (QED) is 0.829. The van der Waals surface area contributed by atoms with Gasteiger partial charge in [0.1, 0.15) is 0 Å². The average Bonchev–Trinajstić information content (AvgIpc) is 2.31. The van der Waals surface area contributed by atoms with E-state index in [1.165, 1.54) is 24.8 Å². The average molecular weight is 325 g/mol. The van der Waals surface area contributed by atoms with Gasteiger partial charge in [-0.3, -0.25) is 0 Å². The predicted molar refractivity (Wildman–Crippen MR) is 84.2 cm³/mol. The molecule has 1 N–H and O–H groups in total. The van der Waals surface area contributed by atoms with E-state index in [0.717, 1.165) is 29.7 Å². The summed E-state index contributed by atoms with van der Waals surface area (Å²) < 4.78 is 1.12. The van der Waals surface area contributed by atoms with Crippen molar-refractivity contribution in [3.05, 3.63) is 34.3 Å². The van der Waals surface area contributed by atoms with Crippen LogP contribution in [0.15, 0.2) is 28.7 Å². The normalized spacial score (nSPS) is 27.7. The van der Waals surface area contributed by atoms with E-state index in [2.05, 4.69) is 48.0 Å². The summed E-state index contributed by atoms with van der Waals surface area (Å²) >= 11 is 3.59. The van der Waals surface area contributed by atoms with Crippen molar-refractivity contribution in [3.63, 3.8) is 0 Å². The summed E-state index contributed by atoms with van der Waals surface area (Å²) in [4.78, 5) is 0. The Morgan fingerprint density at radius 3 is 2.79 bits per heavy atom. The minimum atomic E-state index is -0.498. The molecule has 0 aliphatic heterocycles. The Kier molecular flexibility index (Phi) is 5.08. The zero-order chi connectivity index (χ0) is 13.9. The van der Waals surface area contributed by atoms with E-state index in [1.54, 1.807) is 0 Å². The van der Waals surface area contributed by atoms with E-state index < -0.39 is 5.60 Å². The Labute approximate surface area is 125 Å². The molecule has 1 aromatic rings. The van der Waals surface area contributed by atoms with Crippen LogP contribution < -0.4 is 0 Å². The topological polar surface area (TPSA) is 20.2 Å². The smallest absolute Gasteiger partial charge is 0.0691 e. The van der Waals surface area contributed by atoms with Gasteiger partial charge in [-0.05, 0) is 42.7 Å². The summed E-state index contributed by atoms with van der Waals surface area (Å²) in [7, 11) is 0. The molecule has 2 unspecified atom stereocenters. The molecule has 0 spiro atoms. The Morgan fingerprint density at radius 2 is 2.11 bits per heavy atom. The van der Waals surface area contributed by atoms with Crippen LogP contribution in [0.5, 0.6) is 0 Å². The second-order valence-corrected chi connectivity index (χ2v) is 7.44. The van der Waals surface area contributed by atoms with Gasteiger partial charge in [-0.2, -0.15) is 0 Å². The van der Waals surface area contributed by atoms with E-state index >= 15 is 0 Å². The number of aliphatic hydroxyl groups is 1. The Hall–Kier alpha value is -0.340. The Balaban J connectivity index is 2.03. The molecule has 0 radical (unpaired) electrons. The van der Waals surface area contributed by atoms with Crippen LogP contribution in [0.1, 0.15) is 51.5 Å². The van der Waals surface area contributed by atoms with Crippen LogP contribution in [0, 0.1) is 11.8 Å². The molecule has 1 aromatic carbocycles. The SMILES string of the molecule is CC(C)CC1CCCC(O)(Cc2ccccc2Br)C1. The highest BCUT2D eigenvalue weighted by molar-refractivity contribution is 9.10. The minimum Gasteiger partial charge on any atom is -0.390 e. The molecule has 106 valence electrons. The molecule has 1 aliphatic carbocycles. The van der Waals surface area contributed by atoms with Crippen LogP contribution in [0.2, 0.25) is 0 Å². The summed E-state index contributed by atoms with van der Waals surface area (Å²) in [5.41, 5.74) is 0.733. The number of halogens is 1. The molecule has 0 saturated heterocycles. The molecule has 2 heteroatoms. The van der Waals surface area contributed by atoms with Gasteiger partial charge in [0.25, 0.3) is 0 Å². The third-order valence-corrected chi connectivity index (χ3v) is 4.98. The highest BCUT2D eigenvalue weighted by Gasteiger charge is 2.34. The first-order chi connectivity index (χ1) is 8.98. The molecule has 2 atom stereocenters. The van der Waals surface area contributed by atoms with Crippen LogP contribution in [-0.2, 0) is 6.42 Å². The van der Waals surface area contributed by atoms with Gasteiger partial charge in [0.2, 0.25) is 0 Å². The van der Waals surface area contributed by atoms with Crippen molar-refractivity contribution in [3.8, 4) is 0 Å². The molecule has 19 heavy (non-hydrogen) atoms. The fourth-order valence-electron chi connectivity index (χ4n) is 3.49. The summed E-state index contributed by atoms with van der Waals surface area (Å²) in [6.07, 6.45) is 6.39. The fraction of sp³-hybridized carbons (Fsp3) is 0.647. The van der Waals surface area contributed by atoms with Gasteiger partial charge < -0.3 is 5.11 Å². The van der Waals surface area contributed by atoms with Crippen molar-refractivity contribution >= 4 is 15.9 Å². The highest BCUT2D eigenvalue weighted by Crippen LogP contribution is 2.38. The van der Waals surface area contributed by atoms with Crippen LogP contribution in [0.3, 0.4) is 0 Å². The molecule has 1 aliphatic rings. The van der Waals surface area contributed by atoms with Gasteiger partial charge in [-0.15, -0.1) is 0 Å². The number of rotatable bonds is 4. The number of hydrogen-bond donors (Lipinski definition) is 1. The lowest BCUT2D eigenvalue weighted by Gasteiger charge is -2.38. The predicted octanol–water partition coefficient (Wildman–Crippen LogP) is 4.96. The van der Waals surface area contributed by atoms with E-state index in [0.29, 0.717) is 5.92 Å².